The molecule has 0 atom stereocenters. The number of rotatable bonds is 3. The Labute approximate surface area is 95.1 Å². The summed E-state index contributed by atoms with van der Waals surface area (Å²) in [4.78, 5) is 11.0. The summed E-state index contributed by atoms with van der Waals surface area (Å²) >= 11 is 0. The van der Waals surface area contributed by atoms with E-state index in [0.717, 1.165) is 23.0 Å². The molecule has 0 bridgehead atoms. The van der Waals surface area contributed by atoms with Crippen molar-refractivity contribution < 1.29 is 4.79 Å². The minimum atomic E-state index is 0.698. The molecule has 0 N–H and O–H groups in total. The molecule has 2 aromatic rings. The van der Waals surface area contributed by atoms with Crippen LogP contribution < -0.4 is 0 Å². The maximum atomic E-state index is 11.0. The highest BCUT2D eigenvalue weighted by atomic mass is 16.1. The number of hydrogen-bond acceptors (Lipinski definition) is 1. The van der Waals surface area contributed by atoms with Crippen molar-refractivity contribution in [3.8, 4) is 11.1 Å². The maximum absolute atomic E-state index is 11.0. The Kier molecular flexibility index (Phi) is 2.97. The average Bonchev–Trinajstić information content (AvgIpc) is 2.39. The van der Waals surface area contributed by atoms with Crippen LogP contribution in [0.2, 0.25) is 0 Å². The van der Waals surface area contributed by atoms with Crippen LogP contribution in [0.5, 0.6) is 0 Å². The summed E-state index contributed by atoms with van der Waals surface area (Å²) in [6.45, 7) is 3.69. The summed E-state index contributed by atoms with van der Waals surface area (Å²) in [6.07, 6.45) is 2.62. The number of carbonyl (C=O) groups is 1. The van der Waals surface area contributed by atoms with Crippen molar-refractivity contribution in [2.24, 2.45) is 0 Å². The van der Waals surface area contributed by atoms with Crippen LogP contribution in [0, 0.1) is 0 Å². The van der Waals surface area contributed by atoms with Crippen LogP contribution in [0.25, 0.3) is 17.2 Å². The van der Waals surface area contributed by atoms with Crippen LogP contribution in [0.15, 0.2) is 55.1 Å². The summed E-state index contributed by atoms with van der Waals surface area (Å²) in [5.41, 5.74) is 3.67. The molecule has 0 aromatic heterocycles. The van der Waals surface area contributed by atoms with E-state index in [1.54, 1.807) is 6.08 Å². The molecule has 1 heteroatoms. The Hall–Kier alpha value is -2.15. The Balaban J connectivity index is 2.57. The van der Waals surface area contributed by atoms with Gasteiger partial charge >= 0.3 is 0 Å². The fourth-order valence-corrected chi connectivity index (χ4v) is 1.69. The molecule has 0 aliphatic carbocycles. The van der Waals surface area contributed by atoms with Gasteiger partial charge in [0.05, 0.1) is 0 Å². The van der Waals surface area contributed by atoms with Crippen LogP contribution in [-0.2, 0) is 0 Å². The zero-order valence-corrected chi connectivity index (χ0v) is 8.89. The number of carbonyl (C=O) groups excluding carboxylic acids is 1. The minimum absolute atomic E-state index is 0.698. The van der Waals surface area contributed by atoms with Crippen molar-refractivity contribution in [1.29, 1.82) is 0 Å². The van der Waals surface area contributed by atoms with Gasteiger partial charge in [0.2, 0.25) is 0 Å². The van der Waals surface area contributed by atoms with E-state index >= 15 is 0 Å². The van der Waals surface area contributed by atoms with Gasteiger partial charge in [0.15, 0.2) is 6.29 Å². The van der Waals surface area contributed by atoms with Crippen LogP contribution in [0.1, 0.15) is 15.9 Å². The first-order valence-corrected chi connectivity index (χ1v) is 5.12. The third-order valence-corrected chi connectivity index (χ3v) is 2.52. The first kappa shape index (κ1) is 10.4. The lowest BCUT2D eigenvalue weighted by Gasteiger charge is -2.05. The molecule has 0 spiro atoms. The van der Waals surface area contributed by atoms with Gasteiger partial charge in [-0.2, -0.15) is 0 Å². The predicted octanol–water partition coefficient (Wildman–Crippen LogP) is 3.81. The highest BCUT2D eigenvalue weighted by molar-refractivity contribution is 5.88. The molecule has 0 unspecified atom stereocenters. The van der Waals surface area contributed by atoms with Crippen molar-refractivity contribution in [2.75, 3.05) is 0 Å². The molecule has 2 aromatic carbocycles. The van der Waals surface area contributed by atoms with Gasteiger partial charge in [0.25, 0.3) is 0 Å². The minimum Gasteiger partial charge on any atom is -0.298 e. The highest BCUT2D eigenvalue weighted by Crippen LogP contribution is 2.23. The van der Waals surface area contributed by atoms with Gasteiger partial charge in [-0.1, -0.05) is 55.1 Å². The smallest absolute Gasteiger partial charge is 0.150 e. The number of aldehydes is 1. The summed E-state index contributed by atoms with van der Waals surface area (Å²) in [5, 5.41) is 0. The molecule has 78 valence electrons. The third-order valence-electron chi connectivity index (χ3n) is 2.52. The zero-order chi connectivity index (χ0) is 11.4. The summed E-state index contributed by atoms with van der Waals surface area (Å²) < 4.78 is 0. The zero-order valence-electron chi connectivity index (χ0n) is 8.89. The second-order valence-corrected chi connectivity index (χ2v) is 3.53. The quantitative estimate of drug-likeness (QED) is 0.701. The molecule has 1 nitrogen and oxygen atoms in total. The molecule has 16 heavy (non-hydrogen) atoms. The van der Waals surface area contributed by atoms with E-state index in [1.807, 2.05) is 48.5 Å². The summed E-state index contributed by atoms with van der Waals surface area (Å²) in [7, 11) is 0. The molecule has 0 aliphatic heterocycles. The molecule has 2 rings (SSSR count). The number of benzene rings is 2. The highest BCUT2D eigenvalue weighted by Gasteiger charge is 2.03. The van der Waals surface area contributed by atoms with Gasteiger partial charge in [-0.15, -0.1) is 0 Å². The second-order valence-electron chi connectivity index (χ2n) is 3.53. The van der Waals surface area contributed by atoms with Gasteiger partial charge in [0, 0.05) is 5.56 Å². The normalized spacial score (nSPS) is 9.75. The predicted molar refractivity (Wildman–Crippen MR) is 67.4 cm³/mol. The Morgan fingerprint density at radius 3 is 2.38 bits per heavy atom. The topological polar surface area (TPSA) is 17.1 Å². The summed E-state index contributed by atoms with van der Waals surface area (Å²) in [5.74, 6) is 0. The fourth-order valence-electron chi connectivity index (χ4n) is 1.69. The standard InChI is InChI=1S/C15H12O/c1-2-12-8-9-15(14(10-12)11-16)13-6-4-3-5-7-13/h2-11H,1H2. The van der Waals surface area contributed by atoms with Crippen molar-refractivity contribution >= 4 is 12.4 Å². The second kappa shape index (κ2) is 4.58. The summed E-state index contributed by atoms with van der Waals surface area (Å²) in [6, 6.07) is 15.6. The van der Waals surface area contributed by atoms with Gasteiger partial charge in [-0.3, -0.25) is 4.79 Å². The van der Waals surface area contributed by atoms with Crippen molar-refractivity contribution in [1.82, 2.24) is 0 Å². The lowest BCUT2D eigenvalue weighted by atomic mass is 9.98. The van der Waals surface area contributed by atoms with E-state index < -0.39 is 0 Å². The maximum Gasteiger partial charge on any atom is 0.150 e. The van der Waals surface area contributed by atoms with E-state index in [2.05, 4.69) is 6.58 Å². The molecule has 0 saturated heterocycles. The van der Waals surface area contributed by atoms with Gasteiger partial charge in [-0.05, 0) is 22.8 Å². The Morgan fingerprint density at radius 2 is 1.75 bits per heavy atom. The fraction of sp³-hybridized carbons (Fsp3) is 0. The van der Waals surface area contributed by atoms with Gasteiger partial charge in [-0.25, -0.2) is 0 Å². The Bertz CT molecular complexity index is 512. The van der Waals surface area contributed by atoms with Crippen LogP contribution in [0.4, 0.5) is 0 Å². The van der Waals surface area contributed by atoms with Gasteiger partial charge in [0.1, 0.15) is 0 Å². The lowest BCUT2D eigenvalue weighted by molar-refractivity contribution is 0.112. The van der Waals surface area contributed by atoms with Crippen molar-refractivity contribution in [3.05, 3.63) is 66.2 Å². The van der Waals surface area contributed by atoms with E-state index in [-0.39, 0.29) is 0 Å². The first-order chi connectivity index (χ1) is 7.85. The molecule has 0 heterocycles. The molecule has 0 fully saturated rings. The van der Waals surface area contributed by atoms with E-state index in [0.29, 0.717) is 5.56 Å². The van der Waals surface area contributed by atoms with Crippen molar-refractivity contribution in [2.45, 2.75) is 0 Å². The average molecular weight is 208 g/mol. The number of hydrogen-bond donors (Lipinski definition) is 0. The van der Waals surface area contributed by atoms with E-state index in [1.165, 1.54) is 0 Å². The molecule has 0 amide bonds. The largest absolute Gasteiger partial charge is 0.298 e. The molecular weight excluding hydrogens is 196 g/mol. The molecule has 0 saturated carbocycles. The van der Waals surface area contributed by atoms with E-state index in [9.17, 15) is 4.79 Å². The Morgan fingerprint density at radius 1 is 1.00 bits per heavy atom. The van der Waals surface area contributed by atoms with E-state index in [4.69, 9.17) is 0 Å². The van der Waals surface area contributed by atoms with Crippen LogP contribution in [-0.4, -0.2) is 6.29 Å². The molecule has 0 radical (unpaired) electrons. The SMILES string of the molecule is C=Cc1ccc(-c2ccccc2)c(C=O)c1. The third kappa shape index (κ3) is 1.94. The monoisotopic (exact) mass is 208 g/mol. The van der Waals surface area contributed by atoms with Gasteiger partial charge < -0.3 is 0 Å². The molecule has 0 aliphatic rings. The van der Waals surface area contributed by atoms with Crippen LogP contribution >= 0.6 is 0 Å². The first-order valence-electron chi connectivity index (χ1n) is 5.12. The lowest BCUT2D eigenvalue weighted by Crippen LogP contribution is -1.88. The van der Waals surface area contributed by atoms with Crippen molar-refractivity contribution in [3.63, 3.8) is 0 Å². The molecular formula is C15H12O. The van der Waals surface area contributed by atoms with Crippen LogP contribution in [0.3, 0.4) is 0 Å².